The van der Waals surface area contributed by atoms with Gasteiger partial charge in [-0.05, 0) is 32.5 Å². The summed E-state index contributed by atoms with van der Waals surface area (Å²) < 4.78 is 0. The second-order valence-corrected chi connectivity index (χ2v) is 5.76. The molecule has 1 aromatic carbocycles. The molecule has 1 saturated heterocycles. The normalized spacial score (nSPS) is 17.1. The number of likely N-dealkylation sites (N-methyl/N-ethyl adjacent to an activating group) is 1. The Morgan fingerprint density at radius 2 is 1.91 bits per heavy atom. The fourth-order valence-corrected chi connectivity index (χ4v) is 2.70. The zero-order chi connectivity index (χ0) is 16.1. The van der Waals surface area contributed by atoms with E-state index in [2.05, 4.69) is 17.1 Å². The molecule has 22 heavy (non-hydrogen) atoms. The molecule has 0 radical (unpaired) electrons. The Bertz CT molecular complexity index is 536. The van der Waals surface area contributed by atoms with Crippen molar-refractivity contribution in [1.29, 1.82) is 0 Å². The Morgan fingerprint density at radius 3 is 2.50 bits per heavy atom. The van der Waals surface area contributed by atoms with Crippen LogP contribution in [0.3, 0.4) is 0 Å². The van der Waals surface area contributed by atoms with Crippen molar-refractivity contribution in [2.75, 3.05) is 38.0 Å². The summed E-state index contributed by atoms with van der Waals surface area (Å²) in [4.78, 5) is 28.2. The smallest absolute Gasteiger partial charge is 0.244 e. The molecule has 1 atom stereocenters. The van der Waals surface area contributed by atoms with Crippen LogP contribution in [0.15, 0.2) is 24.3 Å². The van der Waals surface area contributed by atoms with Crippen LogP contribution in [-0.4, -0.2) is 60.3 Å². The molecule has 5 nitrogen and oxygen atoms in total. The lowest BCUT2D eigenvalue weighted by Gasteiger charge is -2.35. The van der Waals surface area contributed by atoms with Gasteiger partial charge in [-0.3, -0.25) is 9.59 Å². The van der Waals surface area contributed by atoms with Crippen LogP contribution in [0, 0.1) is 0 Å². The van der Waals surface area contributed by atoms with E-state index >= 15 is 0 Å². The van der Waals surface area contributed by atoms with Crippen molar-refractivity contribution in [3.05, 3.63) is 29.8 Å². The van der Waals surface area contributed by atoms with Crippen LogP contribution in [-0.2, 0) is 4.79 Å². The molecule has 0 unspecified atom stereocenters. The summed E-state index contributed by atoms with van der Waals surface area (Å²) in [7, 11) is 0. The molecule has 1 amide bonds. The van der Waals surface area contributed by atoms with Gasteiger partial charge in [0.2, 0.25) is 5.91 Å². The van der Waals surface area contributed by atoms with E-state index in [1.807, 2.05) is 24.0 Å². The van der Waals surface area contributed by atoms with Crippen LogP contribution in [0.1, 0.15) is 31.1 Å². The van der Waals surface area contributed by atoms with Gasteiger partial charge in [0.15, 0.2) is 5.78 Å². The molecule has 1 aliphatic rings. The van der Waals surface area contributed by atoms with E-state index < -0.39 is 0 Å². The molecule has 0 saturated carbocycles. The van der Waals surface area contributed by atoms with Gasteiger partial charge in [-0.2, -0.15) is 0 Å². The molecule has 0 aromatic heterocycles. The Morgan fingerprint density at radius 1 is 1.23 bits per heavy atom. The van der Waals surface area contributed by atoms with Crippen molar-refractivity contribution in [3.8, 4) is 0 Å². The van der Waals surface area contributed by atoms with Gasteiger partial charge in [0.25, 0.3) is 0 Å². The minimum absolute atomic E-state index is 0.0262. The number of amides is 1. The maximum atomic E-state index is 12.5. The summed E-state index contributed by atoms with van der Waals surface area (Å²) in [5.41, 5.74) is 1.46. The number of anilines is 1. The number of rotatable bonds is 5. The fraction of sp³-hybridized carbons (Fsp3) is 0.529. The van der Waals surface area contributed by atoms with Gasteiger partial charge < -0.3 is 15.1 Å². The summed E-state index contributed by atoms with van der Waals surface area (Å²) in [5.74, 6) is 0.141. The van der Waals surface area contributed by atoms with Crippen molar-refractivity contribution in [1.82, 2.24) is 9.80 Å². The maximum Gasteiger partial charge on any atom is 0.244 e. The molecule has 2 rings (SSSR count). The predicted molar refractivity (Wildman–Crippen MR) is 88.2 cm³/mol. The average molecular weight is 303 g/mol. The molecule has 5 heteroatoms. The lowest BCUT2D eigenvalue weighted by molar-refractivity contribution is -0.133. The van der Waals surface area contributed by atoms with Crippen LogP contribution in [0.4, 0.5) is 5.69 Å². The molecule has 1 aliphatic heterocycles. The van der Waals surface area contributed by atoms with Gasteiger partial charge in [-0.1, -0.05) is 19.1 Å². The van der Waals surface area contributed by atoms with Gasteiger partial charge >= 0.3 is 0 Å². The third kappa shape index (κ3) is 4.07. The molecule has 1 heterocycles. The third-order valence-electron chi connectivity index (χ3n) is 4.15. The number of benzene rings is 1. The minimum atomic E-state index is -0.296. The molecule has 1 aromatic rings. The molecule has 120 valence electrons. The number of Topliss-reactive ketones (excluding diaryl/α,β-unsaturated/α-hetero) is 1. The van der Waals surface area contributed by atoms with Crippen molar-refractivity contribution < 1.29 is 9.59 Å². The maximum absolute atomic E-state index is 12.5. The van der Waals surface area contributed by atoms with E-state index in [-0.39, 0.29) is 17.7 Å². The summed E-state index contributed by atoms with van der Waals surface area (Å²) in [6, 6.07) is 6.99. The molecular weight excluding hydrogens is 278 g/mol. The Balaban J connectivity index is 1.94. The first-order valence-corrected chi connectivity index (χ1v) is 7.90. The van der Waals surface area contributed by atoms with E-state index in [0.717, 1.165) is 38.4 Å². The van der Waals surface area contributed by atoms with Crippen molar-refractivity contribution in [3.63, 3.8) is 0 Å². The number of nitrogens with one attached hydrogen (secondary N) is 1. The van der Waals surface area contributed by atoms with Crippen molar-refractivity contribution in [2.24, 2.45) is 0 Å². The number of hydrogen-bond donors (Lipinski definition) is 1. The Kier molecular flexibility index (Phi) is 5.55. The molecule has 1 fully saturated rings. The number of carbonyl (C=O) groups is 2. The average Bonchev–Trinajstić information content (AvgIpc) is 2.54. The third-order valence-corrected chi connectivity index (χ3v) is 4.15. The number of carbonyl (C=O) groups excluding carboxylic acids is 2. The monoisotopic (exact) mass is 303 g/mol. The SMILES string of the molecule is CCN1CCN(C(=O)[C@@H](C)Nc2cccc(C(C)=O)c2)CC1. The highest BCUT2D eigenvalue weighted by atomic mass is 16.2. The second-order valence-electron chi connectivity index (χ2n) is 5.76. The van der Waals surface area contributed by atoms with Gasteiger partial charge in [-0.15, -0.1) is 0 Å². The van der Waals surface area contributed by atoms with Crippen molar-refractivity contribution in [2.45, 2.75) is 26.8 Å². The van der Waals surface area contributed by atoms with Crippen LogP contribution in [0.25, 0.3) is 0 Å². The van der Waals surface area contributed by atoms with Crippen LogP contribution in [0.5, 0.6) is 0 Å². The van der Waals surface area contributed by atoms with Gasteiger partial charge in [-0.25, -0.2) is 0 Å². The minimum Gasteiger partial charge on any atom is -0.374 e. The largest absolute Gasteiger partial charge is 0.374 e. The Hall–Kier alpha value is -1.88. The topological polar surface area (TPSA) is 52.6 Å². The van der Waals surface area contributed by atoms with E-state index in [1.165, 1.54) is 0 Å². The lowest BCUT2D eigenvalue weighted by Crippen LogP contribution is -2.52. The molecule has 0 bridgehead atoms. The van der Waals surface area contributed by atoms with Crippen LogP contribution < -0.4 is 5.32 Å². The molecule has 0 spiro atoms. The first kappa shape index (κ1) is 16.5. The second kappa shape index (κ2) is 7.40. The van der Waals surface area contributed by atoms with E-state index in [0.29, 0.717) is 5.56 Å². The lowest BCUT2D eigenvalue weighted by atomic mass is 10.1. The van der Waals surface area contributed by atoms with E-state index in [4.69, 9.17) is 0 Å². The highest BCUT2D eigenvalue weighted by Gasteiger charge is 2.24. The summed E-state index contributed by atoms with van der Waals surface area (Å²) in [6.45, 7) is 10.0. The van der Waals surface area contributed by atoms with Gasteiger partial charge in [0.1, 0.15) is 6.04 Å². The van der Waals surface area contributed by atoms with Gasteiger partial charge in [0.05, 0.1) is 0 Å². The van der Waals surface area contributed by atoms with Crippen LogP contribution >= 0.6 is 0 Å². The first-order valence-electron chi connectivity index (χ1n) is 7.90. The molecular formula is C17H25N3O2. The number of nitrogens with zero attached hydrogens (tertiary/aromatic N) is 2. The number of piperazine rings is 1. The summed E-state index contributed by atoms with van der Waals surface area (Å²) >= 11 is 0. The van der Waals surface area contributed by atoms with E-state index in [1.54, 1.807) is 19.1 Å². The quantitative estimate of drug-likeness (QED) is 0.844. The summed E-state index contributed by atoms with van der Waals surface area (Å²) in [5, 5.41) is 3.20. The molecule has 1 N–H and O–H groups in total. The number of ketones is 1. The van der Waals surface area contributed by atoms with Crippen molar-refractivity contribution >= 4 is 17.4 Å². The molecule has 0 aliphatic carbocycles. The zero-order valence-corrected chi connectivity index (χ0v) is 13.6. The standard InChI is InChI=1S/C17H25N3O2/c1-4-19-8-10-20(11-9-19)17(22)13(2)18-16-7-5-6-15(12-16)14(3)21/h5-7,12-13,18H,4,8-11H2,1-3H3/t13-/m1/s1. The highest BCUT2D eigenvalue weighted by Crippen LogP contribution is 2.14. The predicted octanol–water partition coefficient (Wildman–Crippen LogP) is 1.85. The van der Waals surface area contributed by atoms with Crippen LogP contribution in [0.2, 0.25) is 0 Å². The Labute approximate surface area is 132 Å². The van der Waals surface area contributed by atoms with Gasteiger partial charge in [0, 0.05) is 37.4 Å². The highest BCUT2D eigenvalue weighted by molar-refractivity contribution is 5.95. The first-order chi connectivity index (χ1) is 10.5. The zero-order valence-electron chi connectivity index (χ0n) is 13.6. The van der Waals surface area contributed by atoms with E-state index in [9.17, 15) is 9.59 Å². The summed E-state index contributed by atoms with van der Waals surface area (Å²) in [6.07, 6.45) is 0. The fourth-order valence-electron chi connectivity index (χ4n) is 2.70. The number of hydrogen-bond acceptors (Lipinski definition) is 4.